The number of hydrogen-bond acceptors (Lipinski definition) is 3. The highest BCUT2D eigenvalue weighted by Gasteiger charge is 2.11. The lowest BCUT2D eigenvalue weighted by atomic mass is 10.1. The average molecular weight is 345 g/mol. The van der Waals surface area contributed by atoms with Crippen molar-refractivity contribution in [2.75, 3.05) is 19.8 Å². The third-order valence-corrected chi connectivity index (χ3v) is 3.65. The molecule has 0 radical (unpaired) electrons. The van der Waals surface area contributed by atoms with Crippen molar-refractivity contribution in [2.24, 2.45) is 0 Å². The largest absolute Gasteiger partial charge is 0.486 e. The Hall–Kier alpha value is -2.89. The molecular formula is C19H17F2NO3. The number of carbonyl (C=O) groups excluding carboxylic acids is 1. The van der Waals surface area contributed by atoms with Gasteiger partial charge in [0.2, 0.25) is 0 Å². The first-order valence-corrected chi connectivity index (χ1v) is 7.93. The second-order valence-electron chi connectivity index (χ2n) is 5.48. The molecule has 2 aromatic carbocycles. The first-order chi connectivity index (χ1) is 12.1. The number of amides is 1. The number of nitrogens with one attached hydrogen (secondary N) is 1. The summed E-state index contributed by atoms with van der Waals surface area (Å²) >= 11 is 0. The number of benzene rings is 2. The Morgan fingerprint density at radius 3 is 2.64 bits per heavy atom. The Bertz CT molecular complexity index is 805. The molecule has 0 aromatic heterocycles. The van der Waals surface area contributed by atoms with Gasteiger partial charge < -0.3 is 14.8 Å². The van der Waals surface area contributed by atoms with E-state index in [4.69, 9.17) is 9.47 Å². The van der Waals surface area contributed by atoms with Crippen LogP contribution in [0.1, 0.15) is 22.3 Å². The van der Waals surface area contributed by atoms with Crippen LogP contribution in [0.2, 0.25) is 0 Å². The van der Waals surface area contributed by atoms with E-state index in [1.165, 1.54) is 6.07 Å². The number of hydrogen-bond donors (Lipinski definition) is 1. The van der Waals surface area contributed by atoms with Crippen LogP contribution in [0.3, 0.4) is 0 Å². The van der Waals surface area contributed by atoms with Crippen molar-refractivity contribution in [2.45, 2.75) is 6.42 Å². The first-order valence-electron chi connectivity index (χ1n) is 7.93. The molecule has 0 saturated heterocycles. The van der Waals surface area contributed by atoms with Crippen LogP contribution >= 0.6 is 0 Å². The fourth-order valence-corrected chi connectivity index (χ4v) is 2.39. The summed E-state index contributed by atoms with van der Waals surface area (Å²) in [5.41, 5.74) is 1.06. The molecule has 0 saturated carbocycles. The van der Waals surface area contributed by atoms with Gasteiger partial charge in [0.05, 0.1) is 0 Å². The number of fused-ring (bicyclic) bond motifs is 1. The average Bonchev–Trinajstić information content (AvgIpc) is 2.63. The molecule has 25 heavy (non-hydrogen) atoms. The Balaban J connectivity index is 1.48. The van der Waals surface area contributed by atoms with E-state index in [0.29, 0.717) is 26.2 Å². The Labute approximate surface area is 144 Å². The lowest BCUT2D eigenvalue weighted by molar-refractivity contribution is 0.0954. The summed E-state index contributed by atoms with van der Waals surface area (Å²) in [6.07, 6.45) is 4.43. The molecule has 1 heterocycles. The van der Waals surface area contributed by atoms with Crippen LogP contribution < -0.4 is 14.8 Å². The minimum absolute atomic E-state index is 0.0923. The van der Waals surface area contributed by atoms with Crippen LogP contribution in [0.5, 0.6) is 11.5 Å². The smallest absolute Gasteiger partial charge is 0.251 e. The molecule has 0 bridgehead atoms. The molecule has 6 heteroatoms. The van der Waals surface area contributed by atoms with Crippen molar-refractivity contribution < 1.29 is 23.0 Å². The molecular weight excluding hydrogens is 328 g/mol. The maximum absolute atomic E-state index is 13.1. The van der Waals surface area contributed by atoms with Crippen molar-refractivity contribution >= 4 is 12.0 Å². The van der Waals surface area contributed by atoms with Gasteiger partial charge in [-0.05, 0) is 42.3 Å². The molecule has 0 fully saturated rings. The zero-order valence-electron chi connectivity index (χ0n) is 13.4. The summed E-state index contributed by atoms with van der Waals surface area (Å²) in [5, 5.41) is 2.66. The van der Waals surface area contributed by atoms with Crippen molar-refractivity contribution in [1.29, 1.82) is 0 Å². The van der Waals surface area contributed by atoms with Gasteiger partial charge in [-0.25, -0.2) is 8.78 Å². The summed E-state index contributed by atoms with van der Waals surface area (Å²) < 4.78 is 36.9. The van der Waals surface area contributed by atoms with Gasteiger partial charge in [-0.3, -0.25) is 4.79 Å². The molecule has 4 nitrogen and oxygen atoms in total. The number of halogens is 2. The Morgan fingerprint density at radius 2 is 1.84 bits per heavy atom. The zero-order chi connectivity index (χ0) is 17.6. The monoisotopic (exact) mass is 345 g/mol. The van der Waals surface area contributed by atoms with E-state index in [1.807, 2.05) is 30.4 Å². The normalized spacial score (nSPS) is 13.0. The molecule has 1 N–H and O–H groups in total. The summed E-state index contributed by atoms with van der Waals surface area (Å²) in [5.74, 6) is -0.987. The molecule has 130 valence electrons. The maximum atomic E-state index is 13.1. The molecule has 0 aliphatic carbocycles. The van der Waals surface area contributed by atoms with Crippen LogP contribution in [-0.4, -0.2) is 25.7 Å². The topological polar surface area (TPSA) is 47.6 Å². The van der Waals surface area contributed by atoms with Crippen LogP contribution in [0, 0.1) is 11.6 Å². The molecule has 1 aliphatic heterocycles. The van der Waals surface area contributed by atoms with E-state index < -0.39 is 17.5 Å². The molecule has 2 aromatic rings. The van der Waals surface area contributed by atoms with Gasteiger partial charge >= 0.3 is 0 Å². The summed E-state index contributed by atoms with van der Waals surface area (Å²) in [6.45, 7) is 1.48. The van der Waals surface area contributed by atoms with Crippen molar-refractivity contribution in [3.05, 3.63) is 65.2 Å². The van der Waals surface area contributed by atoms with E-state index in [0.717, 1.165) is 29.2 Å². The third kappa shape index (κ3) is 4.35. The van der Waals surface area contributed by atoms with Crippen LogP contribution in [0.25, 0.3) is 6.08 Å². The first kappa shape index (κ1) is 17.0. The van der Waals surface area contributed by atoms with Gasteiger partial charge in [0.25, 0.3) is 5.91 Å². The number of rotatable bonds is 5. The fourth-order valence-electron chi connectivity index (χ4n) is 2.39. The van der Waals surface area contributed by atoms with E-state index in [1.54, 1.807) is 0 Å². The highest BCUT2D eigenvalue weighted by molar-refractivity contribution is 5.94. The quantitative estimate of drug-likeness (QED) is 0.843. The van der Waals surface area contributed by atoms with Gasteiger partial charge in [-0.15, -0.1) is 0 Å². The number of ether oxygens (including phenoxy) is 2. The highest BCUT2D eigenvalue weighted by atomic mass is 19.2. The van der Waals surface area contributed by atoms with E-state index in [2.05, 4.69) is 5.32 Å². The van der Waals surface area contributed by atoms with Crippen LogP contribution in [0.4, 0.5) is 8.78 Å². The van der Waals surface area contributed by atoms with Crippen molar-refractivity contribution in [3.63, 3.8) is 0 Å². The lowest BCUT2D eigenvalue weighted by Gasteiger charge is -2.18. The molecule has 0 spiro atoms. The summed E-state index contributed by atoms with van der Waals surface area (Å²) in [4.78, 5) is 11.8. The lowest BCUT2D eigenvalue weighted by Crippen LogP contribution is -2.24. The SMILES string of the molecule is O=C(NCC/C=C/c1ccc2c(c1)OCCO2)c1ccc(F)c(F)c1. The van der Waals surface area contributed by atoms with Gasteiger partial charge in [-0.1, -0.05) is 18.2 Å². The number of carbonyl (C=O) groups is 1. The van der Waals surface area contributed by atoms with Gasteiger partial charge in [0.1, 0.15) is 13.2 Å². The van der Waals surface area contributed by atoms with E-state index in [-0.39, 0.29) is 5.56 Å². The van der Waals surface area contributed by atoms with E-state index >= 15 is 0 Å². The minimum atomic E-state index is -1.04. The molecule has 1 aliphatic rings. The molecule has 3 rings (SSSR count). The summed E-state index contributed by atoms with van der Waals surface area (Å²) in [7, 11) is 0. The predicted octanol–water partition coefficient (Wildman–Crippen LogP) is 3.57. The van der Waals surface area contributed by atoms with Crippen LogP contribution in [-0.2, 0) is 0 Å². The fraction of sp³-hybridized carbons (Fsp3) is 0.211. The molecule has 0 atom stereocenters. The molecule has 1 amide bonds. The van der Waals surface area contributed by atoms with Gasteiger partial charge in [0, 0.05) is 12.1 Å². The standard InChI is InChI=1S/C19H17F2NO3/c20-15-6-5-14(12-16(15)21)19(23)22-8-2-1-3-13-4-7-17-18(11-13)25-10-9-24-17/h1,3-7,11-12H,2,8-10H2,(H,22,23)/b3-1+. The minimum Gasteiger partial charge on any atom is -0.486 e. The second-order valence-corrected chi connectivity index (χ2v) is 5.48. The third-order valence-electron chi connectivity index (χ3n) is 3.65. The van der Waals surface area contributed by atoms with E-state index in [9.17, 15) is 13.6 Å². The van der Waals surface area contributed by atoms with Crippen molar-refractivity contribution in [3.8, 4) is 11.5 Å². The predicted molar refractivity (Wildman–Crippen MR) is 89.8 cm³/mol. The van der Waals surface area contributed by atoms with Crippen LogP contribution in [0.15, 0.2) is 42.5 Å². The van der Waals surface area contributed by atoms with Gasteiger partial charge in [-0.2, -0.15) is 0 Å². The maximum Gasteiger partial charge on any atom is 0.251 e. The summed E-state index contributed by atoms with van der Waals surface area (Å²) in [6, 6.07) is 8.74. The van der Waals surface area contributed by atoms with Gasteiger partial charge in [0.15, 0.2) is 23.1 Å². The molecule has 0 unspecified atom stereocenters. The Morgan fingerprint density at radius 1 is 1.04 bits per heavy atom. The Kier molecular flexibility index (Phi) is 5.28. The zero-order valence-corrected chi connectivity index (χ0v) is 13.4. The van der Waals surface area contributed by atoms with Crippen molar-refractivity contribution in [1.82, 2.24) is 5.32 Å². The highest BCUT2D eigenvalue weighted by Crippen LogP contribution is 2.31. The second kappa shape index (κ2) is 7.79.